The van der Waals surface area contributed by atoms with Crippen LogP contribution in [-0.4, -0.2) is 135 Å². The second-order valence-corrected chi connectivity index (χ2v) is 18.0. The van der Waals surface area contributed by atoms with Crippen LogP contribution in [0.4, 0.5) is 21.1 Å². The highest BCUT2D eigenvalue weighted by Crippen LogP contribution is 2.26. The summed E-state index contributed by atoms with van der Waals surface area (Å²) < 4.78 is 25.9. The zero-order valence-corrected chi connectivity index (χ0v) is 42.5. The average molecular weight is 1030 g/mol. The summed E-state index contributed by atoms with van der Waals surface area (Å²) in [5, 5.41) is 25.6. The number of urea groups is 1. The number of ether oxygens (including phenoxy) is 4. The molecule has 404 valence electrons. The van der Waals surface area contributed by atoms with Crippen molar-refractivity contribution in [1.29, 1.82) is 0 Å². The van der Waals surface area contributed by atoms with E-state index in [1.54, 1.807) is 38.1 Å². The number of primary amides is 1. The number of nitrogens with zero attached hydrogens (tertiary/aromatic N) is 10. The summed E-state index contributed by atoms with van der Waals surface area (Å²) in [6.45, 7) is 6.87. The highest BCUT2D eigenvalue weighted by molar-refractivity contribution is 5.98. The summed E-state index contributed by atoms with van der Waals surface area (Å²) in [7, 11) is 0. The van der Waals surface area contributed by atoms with Gasteiger partial charge in [0.05, 0.1) is 58.4 Å². The molecule has 1 aromatic carbocycles. The lowest BCUT2D eigenvalue weighted by molar-refractivity contribution is -0.134. The third-order valence-electron chi connectivity index (χ3n) is 11.9. The van der Waals surface area contributed by atoms with Crippen LogP contribution in [0.1, 0.15) is 109 Å². The third-order valence-corrected chi connectivity index (χ3v) is 11.9. The molecule has 74 heavy (non-hydrogen) atoms. The van der Waals surface area contributed by atoms with Crippen molar-refractivity contribution < 1.29 is 42.9 Å². The number of carbonyl (C=O) groups excluding carboxylic acids is 5. The van der Waals surface area contributed by atoms with Gasteiger partial charge in [0, 0.05) is 30.2 Å². The van der Waals surface area contributed by atoms with E-state index in [9.17, 15) is 28.8 Å². The van der Waals surface area contributed by atoms with Crippen LogP contribution in [0, 0.1) is 5.92 Å². The number of hydrogen-bond acceptors (Lipinski definition) is 16. The van der Waals surface area contributed by atoms with Crippen molar-refractivity contribution in [2.75, 3.05) is 70.4 Å². The number of aromatic nitrogens is 7. The second kappa shape index (κ2) is 30.6. The van der Waals surface area contributed by atoms with Gasteiger partial charge in [-0.05, 0) is 61.2 Å². The maximum Gasteiger partial charge on any atom is 0.339 e. The lowest BCUT2D eigenvalue weighted by atomic mass is 9.97. The number of hydrogen-bond donors (Lipinski definition) is 7. The van der Waals surface area contributed by atoms with Crippen LogP contribution in [0.5, 0.6) is 6.01 Å². The van der Waals surface area contributed by atoms with E-state index in [0.29, 0.717) is 30.2 Å². The quantitative estimate of drug-likeness (QED) is 0.0170. The number of anilines is 2. The Hall–Kier alpha value is -7.35. The minimum atomic E-state index is -1.10. The largest absolute Gasteiger partial charge is 0.463 e. The van der Waals surface area contributed by atoms with Gasteiger partial charge in [-0.15, -0.1) is 5.10 Å². The van der Waals surface area contributed by atoms with Crippen LogP contribution < -0.4 is 48.5 Å². The van der Waals surface area contributed by atoms with E-state index in [2.05, 4.69) is 56.9 Å². The summed E-state index contributed by atoms with van der Waals surface area (Å²) in [6.07, 6.45) is 11.6. The first kappa shape index (κ1) is 57.5. The van der Waals surface area contributed by atoms with Crippen molar-refractivity contribution in [1.82, 2.24) is 55.4 Å². The Morgan fingerprint density at radius 2 is 1.59 bits per heavy atom. The first-order valence-electron chi connectivity index (χ1n) is 25.2. The molecule has 9 N–H and O–H groups in total. The molecule has 0 aliphatic heterocycles. The molecule has 0 saturated heterocycles. The third kappa shape index (κ3) is 18.3. The van der Waals surface area contributed by atoms with E-state index in [1.165, 1.54) is 23.8 Å². The van der Waals surface area contributed by atoms with Gasteiger partial charge in [-0.3, -0.25) is 19.0 Å². The predicted molar refractivity (Wildman–Crippen MR) is 272 cm³/mol. The highest BCUT2D eigenvalue weighted by Gasteiger charge is 2.30. The van der Waals surface area contributed by atoms with Gasteiger partial charge in [0.2, 0.25) is 17.7 Å². The molecule has 0 spiro atoms. The molecule has 2 unspecified atom stereocenters. The van der Waals surface area contributed by atoms with Crippen LogP contribution in [0.2, 0.25) is 0 Å². The van der Waals surface area contributed by atoms with Crippen LogP contribution in [0.3, 0.4) is 0 Å². The molecule has 0 radical (unpaired) electrons. The molecule has 3 aromatic heterocycles. The van der Waals surface area contributed by atoms with Crippen molar-refractivity contribution in [3.05, 3.63) is 62.6 Å². The van der Waals surface area contributed by atoms with Crippen molar-refractivity contribution in [2.45, 2.75) is 123 Å². The van der Waals surface area contributed by atoms with E-state index in [1.807, 2.05) is 17.8 Å². The maximum atomic E-state index is 14.2. The molecular formula is C47H71N17O10. The second-order valence-electron chi connectivity index (χ2n) is 18.0. The van der Waals surface area contributed by atoms with Crippen molar-refractivity contribution in [2.24, 2.45) is 16.8 Å². The molecule has 0 bridgehead atoms. The summed E-state index contributed by atoms with van der Waals surface area (Å²) in [5.41, 5.74) is 20.8. The number of unbranched alkanes of at least 4 members (excludes halogenated alkanes) is 1. The standard InChI is InChI=1S/C47H71N17O10/c1-4-5-21-74-45-57-40(48)39-41(58-45)62(28-34-29-63(61-59-34)35-12-9-7-6-8-10-13-35)47(70)64(39)46(69)52-27-32-15-17-33(18-16-32)54-42(66)36(14-11-19-51-44(49)68)55-43(67)38(31(2)3)56-37(65)30-73-26-25-72-24-23-71-22-20-53-60-50/h15-18,29,31,35-36,38H,4-14,19-28,30H2,1-3H3,(H,52,69)(H,54,66)(H,55,67)(H,56,65)(H2,48,57,58)(H3,49,51,68). The number of nitrogens with one attached hydrogen (secondary N) is 5. The Morgan fingerprint density at radius 3 is 2.28 bits per heavy atom. The summed E-state index contributed by atoms with van der Waals surface area (Å²) in [4.78, 5) is 91.0. The SMILES string of the molecule is CCCCOc1nc(N)c2c(n1)n(Cc1cn(C3CCCCCCC3)nn1)c(=O)n2C(=O)NCc1ccc(NC(=O)C(CCCNC(N)=O)NC(=O)C(NC(=O)COCCOCCOCCN=[N+]=[N-])C(C)C)cc1. The average Bonchev–Trinajstić information content (AvgIpc) is 3.94. The number of fused-ring (bicyclic) bond motifs is 1. The smallest absolute Gasteiger partial charge is 0.339 e. The molecule has 4 aromatic rings. The fourth-order valence-electron chi connectivity index (χ4n) is 8.02. The number of imidazole rings is 1. The molecule has 6 amide bonds. The Kier molecular flexibility index (Phi) is 23.8. The number of carbonyl (C=O) groups is 5. The molecule has 1 saturated carbocycles. The molecule has 5 rings (SSSR count). The van der Waals surface area contributed by atoms with Gasteiger partial charge in [0.15, 0.2) is 11.5 Å². The topological polar surface area (TPSA) is 367 Å². The molecule has 3 heterocycles. The Labute approximate surface area is 428 Å². The summed E-state index contributed by atoms with van der Waals surface area (Å²) in [5.74, 6) is -2.26. The first-order valence-corrected chi connectivity index (χ1v) is 25.2. The van der Waals surface area contributed by atoms with Gasteiger partial charge in [-0.25, -0.2) is 23.6 Å². The van der Waals surface area contributed by atoms with E-state index >= 15 is 0 Å². The van der Waals surface area contributed by atoms with Gasteiger partial charge in [-0.2, -0.15) is 9.97 Å². The number of benzene rings is 1. The number of azide groups is 1. The van der Waals surface area contributed by atoms with Crippen LogP contribution in [-0.2, 0) is 41.7 Å². The zero-order chi connectivity index (χ0) is 53.2. The van der Waals surface area contributed by atoms with E-state index in [4.69, 9.17) is 35.9 Å². The summed E-state index contributed by atoms with van der Waals surface area (Å²) in [6, 6.07) is 3.04. The lowest BCUT2D eigenvalue weighted by Crippen LogP contribution is -2.55. The van der Waals surface area contributed by atoms with Crippen molar-refractivity contribution in [3.63, 3.8) is 0 Å². The van der Waals surface area contributed by atoms with Crippen LogP contribution >= 0.6 is 0 Å². The first-order chi connectivity index (χ1) is 35.8. The van der Waals surface area contributed by atoms with Gasteiger partial charge in [0.1, 0.15) is 29.9 Å². The van der Waals surface area contributed by atoms with Crippen molar-refractivity contribution >= 4 is 52.5 Å². The van der Waals surface area contributed by atoms with Crippen molar-refractivity contribution in [3.8, 4) is 6.01 Å². The molecule has 2 atom stereocenters. The number of amides is 6. The van der Waals surface area contributed by atoms with E-state index < -0.39 is 47.6 Å². The normalized spacial score (nSPS) is 13.8. The van der Waals surface area contributed by atoms with E-state index in [-0.39, 0.29) is 107 Å². The van der Waals surface area contributed by atoms with Gasteiger partial charge in [-0.1, -0.05) is 81.8 Å². The number of rotatable bonds is 30. The van der Waals surface area contributed by atoms with E-state index in [0.717, 1.165) is 43.1 Å². The van der Waals surface area contributed by atoms with Gasteiger partial charge in [0.25, 0.3) is 0 Å². The molecule has 27 nitrogen and oxygen atoms in total. The fraction of sp³-hybridized carbons (Fsp3) is 0.617. The zero-order valence-electron chi connectivity index (χ0n) is 42.5. The maximum absolute atomic E-state index is 14.2. The minimum absolute atomic E-state index is 0.00172. The Bertz CT molecular complexity index is 2550. The van der Waals surface area contributed by atoms with Crippen LogP contribution in [0.25, 0.3) is 21.6 Å². The minimum Gasteiger partial charge on any atom is -0.463 e. The molecule has 1 fully saturated rings. The highest BCUT2D eigenvalue weighted by atomic mass is 16.5. The van der Waals surface area contributed by atoms with Gasteiger partial charge >= 0.3 is 23.8 Å². The Balaban J connectivity index is 1.21. The Morgan fingerprint density at radius 1 is 0.892 bits per heavy atom. The number of nitrogen functional groups attached to an aromatic ring is 1. The van der Waals surface area contributed by atoms with Crippen LogP contribution in [0.15, 0.2) is 40.4 Å². The van der Waals surface area contributed by atoms with Gasteiger partial charge < -0.3 is 57.0 Å². The molecular weight excluding hydrogens is 963 g/mol. The molecule has 1 aliphatic rings. The predicted octanol–water partition coefficient (Wildman–Crippen LogP) is 3.41. The monoisotopic (exact) mass is 1030 g/mol. The lowest BCUT2D eigenvalue weighted by Gasteiger charge is -2.25. The molecule has 1 aliphatic carbocycles. The summed E-state index contributed by atoms with van der Waals surface area (Å²) >= 11 is 0. The fourth-order valence-corrected chi connectivity index (χ4v) is 8.02. The molecule has 27 heteroatoms. The number of nitrogens with two attached hydrogens (primary N) is 2.